The summed E-state index contributed by atoms with van der Waals surface area (Å²) < 4.78 is 14.5. The summed E-state index contributed by atoms with van der Waals surface area (Å²) in [5.41, 5.74) is 1.89. The summed E-state index contributed by atoms with van der Waals surface area (Å²) in [6, 6.07) is 8.40. The van der Waals surface area contributed by atoms with Gasteiger partial charge in [-0.3, -0.25) is 9.78 Å². The van der Waals surface area contributed by atoms with Crippen LogP contribution in [0.5, 0.6) is 0 Å². The van der Waals surface area contributed by atoms with Crippen molar-refractivity contribution in [1.82, 2.24) is 9.88 Å². The summed E-state index contributed by atoms with van der Waals surface area (Å²) in [6.07, 6.45) is 7.97. The van der Waals surface area contributed by atoms with E-state index in [0.717, 1.165) is 41.5 Å². The average Bonchev–Trinajstić information content (AvgIpc) is 3.41. The quantitative estimate of drug-likeness (QED) is 0.522. The van der Waals surface area contributed by atoms with Crippen LogP contribution in [-0.4, -0.2) is 28.4 Å². The predicted octanol–water partition coefficient (Wildman–Crippen LogP) is 5.50. The lowest BCUT2D eigenvalue weighted by molar-refractivity contribution is 0.0507. The number of halogens is 3. The van der Waals surface area contributed by atoms with Gasteiger partial charge >= 0.3 is 0 Å². The molecule has 0 radical (unpaired) electrons. The van der Waals surface area contributed by atoms with Crippen molar-refractivity contribution in [2.45, 2.75) is 44.6 Å². The van der Waals surface area contributed by atoms with Gasteiger partial charge in [-0.25, -0.2) is 4.39 Å². The minimum atomic E-state index is -0.364. The number of carbonyl (C=O) groups excluding carboxylic acids is 1. The van der Waals surface area contributed by atoms with Crippen molar-refractivity contribution in [1.29, 1.82) is 0 Å². The Bertz CT molecular complexity index is 854. The van der Waals surface area contributed by atoms with Crippen LogP contribution in [0.4, 0.5) is 4.39 Å². The number of rotatable bonds is 4. The third-order valence-electron chi connectivity index (χ3n) is 5.89. The Kier molecular flexibility index (Phi) is 5.43. The summed E-state index contributed by atoms with van der Waals surface area (Å²) >= 11 is 8.03. The molecule has 0 N–H and O–H groups in total. The molecular weight excluding hydrogens is 478 g/mol. The van der Waals surface area contributed by atoms with Gasteiger partial charge in [-0.15, -0.1) is 0 Å². The zero-order valence-corrected chi connectivity index (χ0v) is 17.8. The summed E-state index contributed by atoms with van der Waals surface area (Å²) in [6.45, 7) is 0.754. The first-order valence-electron chi connectivity index (χ1n) is 9.32. The molecule has 2 aliphatic rings. The van der Waals surface area contributed by atoms with Gasteiger partial charge in [0.25, 0.3) is 5.91 Å². The molecule has 2 heterocycles. The van der Waals surface area contributed by atoms with E-state index < -0.39 is 0 Å². The largest absolute Gasteiger partial charge is 0.336 e. The van der Waals surface area contributed by atoms with E-state index in [1.165, 1.54) is 25.0 Å². The number of piperidine rings is 1. The lowest BCUT2D eigenvalue weighted by Crippen LogP contribution is -2.47. The molecule has 142 valence electrons. The molecule has 1 saturated heterocycles. The molecule has 27 heavy (non-hydrogen) atoms. The fraction of sp³-hybridized carbons (Fsp3) is 0.429. The average molecular weight is 499 g/mol. The van der Waals surface area contributed by atoms with Crippen LogP contribution in [0.3, 0.4) is 0 Å². The van der Waals surface area contributed by atoms with Gasteiger partial charge in [0.05, 0.1) is 10.6 Å². The van der Waals surface area contributed by atoms with Crippen LogP contribution >= 0.6 is 34.2 Å². The smallest absolute Gasteiger partial charge is 0.255 e. The molecule has 2 fully saturated rings. The van der Waals surface area contributed by atoms with E-state index in [9.17, 15) is 9.18 Å². The molecule has 1 aromatic carbocycles. The molecule has 4 rings (SSSR count). The summed E-state index contributed by atoms with van der Waals surface area (Å²) in [7, 11) is 0. The van der Waals surface area contributed by atoms with Gasteiger partial charge in [-0.05, 0) is 96.9 Å². The van der Waals surface area contributed by atoms with Crippen LogP contribution in [0.25, 0.3) is 0 Å². The number of aromatic nitrogens is 1. The third-order valence-corrected chi connectivity index (χ3v) is 7.06. The van der Waals surface area contributed by atoms with Crippen molar-refractivity contribution in [3.05, 3.63) is 62.2 Å². The van der Waals surface area contributed by atoms with Gasteiger partial charge in [0.1, 0.15) is 5.82 Å². The van der Waals surface area contributed by atoms with Crippen LogP contribution in [0.2, 0.25) is 5.02 Å². The molecule has 2 aromatic rings. The lowest BCUT2D eigenvalue weighted by Gasteiger charge is -2.40. The summed E-state index contributed by atoms with van der Waals surface area (Å²) in [5, 5.41) is 0.630. The van der Waals surface area contributed by atoms with Crippen LogP contribution < -0.4 is 0 Å². The highest BCUT2D eigenvalue weighted by Crippen LogP contribution is 2.55. The van der Waals surface area contributed by atoms with Crippen molar-refractivity contribution in [2.24, 2.45) is 5.41 Å². The minimum Gasteiger partial charge on any atom is -0.336 e. The first kappa shape index (κ1) is 19.1. The minimum absolute atomic E-state index is 0.0523. The second kappa shape index (κ2) is 7.66. The molecule has 0 unspecified atom stereocenters. The maximum Gasteiger partial charge on any atom is 0.255 e. The van der Waals surface area contributed by atoms with Gasteiger partial charge in [0.2, 0.25) is 0 Å². The Labute approximate surface area is 177 Å². The Morgan fingerprint density at radius 3 is 2.81 bits per heavy atom. The summed E-state index contributed by atoms with van der Waals surface area (Å²) in [5.74, 6) is -0.417. The maximum absolute atomic E-state index is 13.7. The molecule has 1 saturated carbocycles. The molecule has 1 amide bonds. The van der Waals surface area contributed by atoms with Gasteiger partial charge in [-0.1, -0.05) is 11.6 Å². The Hall–Kier alpha value is -1.21. The first-order valence-corrected chi connectivity index (χ1v) is 10.8. The van der Waals surface area contributed by atoms with Crippen molar-refractivity contribution >= 4 is 40.1 Å². The van der Waals surface area contributed by atoms with Crippen LogP contribution in [0, 0.1) is 14.8 Å². The highest BCUT2D eigenvalue weighted by molar-refractivity contribution is 14.1. The summed E-state index contributed by atoms with van der Waals surface area (Å²) in [4.78, 5) is 19.5. The molecule has 1 atom stereocenters. The van der Waals surface area contributed by atoms with Crippen molar-refractivity contribution in [3.8, 4) is 0 Å². The molecule has 1 aromatic heterocycles. The highest BCUT2D eigenvalue weighted by atomic mass is 127. The fourth-order valence-electron chi connectivity index (χ4n) is 4.09. The van der Waals surface area contributed by atoms with E-state index in [1.54, 1.807) is 12.3 Å². The first-order chi connectivity index (χ1) is 13.0. The second-order valence-corrected chi connectivity index (χ2v) is 9.34. The Balaban J connectivity index is 1.53. The van der Waals surface area contributed by atoms with E-state index in [2.05, 4.69) is 27.6 Å². The molecule has 1 aliphatic carbocycles. The molecular formula is C21H21ClFIN2O. The standard InChI is InChI=1S/C21H21ClFIN2O/c22-14-1-3-16(25-13-14)4-5-17-12-21(7-8-21)9-10-26(17)20(27)18-11-15(23)2-6-19(18)24/h1-3,6,11,13,17H,4-5,7-10,12H2/t17-/m1/s1. The van der Waals surface area contributed by atoms with Crippen molar-refractivity contribution < 1.29 is 9.18 Å². The number of hydrogen-bond donors (Lipinski definition) is 0. The second-order valence-electron chi connectivity index (χ2n) is 7.74. The maximum atomic E-state index is 13.7. The van der Waals surface area contributed by atoms with E-state index >= 15 is 0 Å². The number of nitrogens with zero attached hydrogens (tertiary/aromatic N) is 2. The Morgan fingerprint density at radius 2 is 2.11 bits per heavy atom. The number of pyridine rings is 1. The van der Waals surface area contributed by atoms with Gasteiger partial charge in [0.15, 0.2) is 0 Å². The van der Waals surface area contributed by atoms with Gasteiger partial charge < -0.3 is 4.90 Å². The topological polar surface area (TPSA) is 33.2 Å². The lowest BCUT2D eigenvalue weighted by atomic mass is 9.85. The van der Waals surface area contributed by atoms with Crippen LogP contribution in [-0.2, 0) is 6.42 Å². The van der Waals surface area contributed by atoms with E-state index in [0.29, 0.717) is 16.0 Å². The zero-order chi connectivity index (χ0) is 19.0. The number of benzene rings is 1. The zero-order valence-electron chi connectivity index (χ0n) is 14.9. The van der Waals surface area contributed by atoms with E-state index in [1.807, 2.05) is 17.0 Å². The van der Waals surface area contributed by atoms with Gasteiger partial charge in [0, 0.05) is 28.0 Å². The molecule has 1 aliphatic heterocycles. The monoisotopic (exact) mass is 498 g/mol. The van der Waals surface area contributed by atoms with Crippen molar-refractivity contribution in [3.63, 3.8) is 0 Å². The molecule has 6 heteroatoms. The third kappa shape index (κ3) is 4.29. The molecule has 3 nitrogen and oxygen atoms in total. The predicted molar refractivity (Wildman–Crippen MR) is 112 cm³/mol. The van der Waals surface area contributed by atoms with Crippen molar-refractivity contribution in [2.75, 3.05) is 6.54 Å². The fourth-order valence-corrected chi connectivity index (χ4v) is 4.77. The van der Waals surface area contributed by atoms with E-state index in [4.69, 9.17) is 11.6 Å². The molecule has 1 spiro atoms. The van der Waals surface area contributed by atoms with Crippen LogP contribution in [0.15, 0.2) is 36.5 Å². The van der Waals surface area contributed by atoms with Gasteiger partial charge in [-0.2, -0.15) is 0 Å². The number of likely N-dealkylation sites (tertiary alicyclic amines) is 1. The number of hydrogen-bond acceptors (Lipinski definition) is 2. The molecule has 0 bridgehead atoms. The highest BCUT2D eigenvalue weighted by Gasteiger charge is 2.48. The number of carbonyl (C=O) groups is 1. The number of amides is 1. The SMILES string of the molecule is O=C(c1cc(F)ccc1I)N1CCC2(CC2)C[C@H]1CCc1ccc(Cl)cn1. The van der Waals surface area contributed by atoms with E-state index in [-0.39, 0.29) is 17.8 Å². The Morgan fingerprint density at radius 1 is 1.30 bits per heavy atom. The number of aryl methyl sites for hydroxylation is 1. The normalized spacial score (nSPS) is 20.7. The van der Waals surface area contributed by atoms with Crippen LogP contribution in [0.1, 0.15) is 48.2 Å².